The third kappa shape index (κ3) is 5.53. The van der Waals surface area contributed by atoms with Crippen LogP contribution < -0.4 is 15.4 Å². The van der Waals surface area contributed by atoms with Crippen molar-refractivity contribution in [2.45, 2.75) is 107 Å². The molecule has 4 saturated heterocycles. The molecule has 15 heteroatoms. The summed E-state index contributed by atoms with van der Waals surface area (Å²) in [7, 11) is 0. The smallest absolute Gasteiger partial charge is 0.415 e. The molecule has 4 aromatic rings. The van der Waals surface area contributed by atoms with Gasteiger partial charge in [-0.15, -0.1) is 6.42 Å². The van der Waals surface area contributed by atoms with Crippen molar-refractivity contribution in [2.24, 2.45) is 0 Å². The van der Waals surface area contributed by atoms with E-state index in [0.717, 1.165) is 6.42 Å². The van der Waals surface area contributed by atoms with Crippen molar-refractivity contribution >= 4 is 39.3 Å². The molecule has 0 unspecified atom stereocenters. The summed E-state index contributed by atoms with van der Waals surface area (Å²) < 4.78 is 94.0. The number of aryl methyl sites for hydroxylation is 1. The normalized spacial score (nSPS) is 28.6. The van der Waals surface area contributed by atoms with Crippen LogP contribution in [-0.2, 0) is 11.2 Å². The number of benzene rings is 2. The zero-order chi connectivity index (χ0) is 39.5. The van der Waals surface area contributed by atoms with Gasteiger partial charge in [-0.05, 0) is 83.0 Å². The summed E-state index contributed by atoms with van der Waals surface area (Å²) in [6.07, 6.45) is 5.47. The maximum atomic E-state index is 17.7. The first-order chi connectivity index (χ1) is 26.5. The molecule has 294 valence electrons. The zero-order valence-electron chi connectivity index (χ0n) is 31.4. The van der Waals surface area contributed by atoms with Crippen LogP contribution in [0.5, 0.6) is 6.01 Å². The Bertz CT molecular complexity index is 2370. The van der Waals surface area contributed by atoms with Gasteiger partial charge in [-0.3, -0.25) is 4.90 Å². The first kappa shape index (κ1) is 36.7. The maximum Gasteiger partial charge on any atom is 0.415 e. The van der Waals surface area contributed by atoms with Gasteiger partial charge in [-0.25, -0.2) is 36.6 Å². The molecule has 56 heavy (non-hydrogen) atoms. The molecule has 0 spiro atoms. The van der Waals surface area contributed by atoms with Crippen LogP contribution in [0.15, 0.2) is 24.3 Å². The van der Waals surface area contributed by atoms with Crippen LogP contribution in [0.1, 0.15) is 77.0 Å². The molecule has 2 N–H and O–H groups in total. The largest absolute Gasteiger partial charge is 0.461 e. The average molecular weight is 776 g/mol. The zero-order valence-corrected chi connectivity index (χ0v) is 31.4. The number of nitrogens with zero attached hydrogens (tertiary/aromatic N) is 6. The number of nitrogens with two attached hydrogens (primary N) is 1. The molecule has 10 nitrogen and oxygen atoms in total. The SMILES string of the molecule is C#Cc1c(F)ccc2cc(N)cc(-c3nc4c5c(nc(OC[C@@]67CCCN6C[C@H](F)C7)nc5c3F)N3C[C@@]5(F)CC[C@@](F)([C@H]3CCC4)N5C(=O)OC(C)(C)C)c12. The average Bonchev–Trinajstić information content (AvgIpc) is 3.72. The van der Waals surface area contributed by atoms with Crippen molar-refractivity contribution < 1.29 is 36.2 Å². The maximum absolute atomic E-state index is 17.7. The summed E-state index contributed by atoms with van der Waals surface area (Å²) in [5.41, 5.74) is 4.87. The van der Waals surface area contributed by atoms with E-state index in [1.165, 1.54) is 23.1 Å². The molecule has 2 bridgehead atoms. The summed E-state index contributed by atoms with van der Waals surface area (Å²) in [5, 5.41) is 0.825. The number of aromatic nitrogens is 3. The van der Waals surface area contributed by atoms with Crippen molar-refractivity contribution in [3.8, 4) is 29.6 Å². The van der Waals surface area contributed by atoms with Crippen molar-refractivity contribution in [1.82, 2.24) is 24.8 Å². The van der Waals surface area contributed by atoms with Gasteiger partial charge in [0.1, 0.15) is 41.2 Å². The predicted octanol–water partition coefficient (Wildman–Crippen LogP) is 7.53. The van der Waals surface area contributed by atoms with Gasteiger partial charge in [-0.2, -0.15) is 9.97 Å². The van der Waals surface area contributed by atoms with E-state index in [2.05, 4.69) is 15.8 Å². The number of hydrogen-bond acceptors (Lipinski definition) is 9. The molecule has 0 aliphatic carbocycles. The highest BCUT2D eigenvalue weighted by Crippen LogP contribution is 2.55. The minimum atomic E-state index is -2.50. The minimum Gasteiger partial charge on any atom is -0.461 e. The lowest BCUT2D eigenvalue weighted by Gasteiger charge is -2.52. The number of alkyl halides is 3. The number of carbonyl (C=O) groups excluding carboxylic acids is 1. The molecule has 0 radical (unpaired) electrons. The number of anilines is 2. The molecule has 9 rings (SSSR count). The van der Waals surface area contributed by atoms with Gasteiger partial charge in [0, 0.05) is 42.4 Å². The molecule has 5 aliphatic rings. The molecule has 4 fully saturated rings. The van der Waals surface area contributed by atoms with E-state index in [1.54, 1.807) is 26.8 Å². The standard InChI is InChI=1S/C41H42F5N7O3/c1-5-25-27(43)11-10-22-16-24(47)17-26(30(22)25)33-32(44)34-31-28(48-33)8-6-9-29-41(46)14-13-40(45,53(41)37(54)56-38(2,3)4)20-52(29)35(31)50-36(49-34)55-21-39-12-7-15-51(39)19-23(42)18-39/h1,10-11,16-17,23,29H,6-9,12-15,18-21,47H2,2-4H3/t23-,29-,39+,40-,41+/m1/s1. The lowest BCUT2D eigenvalue weighted by molar-refractivity contribution is -0.133. The number of piperazine rings is 1. The van der Waals surface area contributed by atoms with E-state index in [1.807, 2.05) is 0 Å². The Kier molecular flexibility index (Phi) is 8.19. The van der Waals surface area contributed by atoms with Crippen LogP contribution in [-0.4, -0.2) is 92.0 Å². The molecule has 2 aromatic carbocycles. The summed E-state index contributed by atoms with van der Waals surface area (Å²) in [5.74, 6) is -4.24. The number of carbonyl (C=O) groups is 1. The number of nitrogen functional groups attached to an aromatic ring is 1. The van der Waals surface area contributed by atoms with Crippen LogP contribution in [0.4, 0.5) is 38.3 Å². The Morgan fingerprint density at radius 3 is 2.66 bits per heavy atom. The molecule has 0 saturated carbocycles. The van der Waals surface area contributed by atoms with Crippen LogP contribution in [0, 0.1) is 24.0 Å². The van der Waals surface area contributed by atoms with E-state index < -0.39 is 59.2 Å². The van der Waals surface area contributed by atoms with E-state index in [9.17, 15) is 9.18 Å². The summed E-state index contributed by atoms with van der Waals surface area (Å²) in [4.78, 5) is 31.8. The Balaban J connectivity index is 1.24. The van der Waals surface area contributed by atoms with E-state index in [-0.39, 0.29) is 95.9 Å². The number of terminal acetylenes is 1. The highest BCUT2D eigenvalue weighted by molar-refractivity contribution is 6.04. The van der Waals surface area contributed by atoms with E-state index in [4.69, 9.17) is 31.6 Å². The van der Waals surface area contributed by atoms with Crippen molar-refractivity contribution in [1.29, 1.82) is 0 Å². The number of ether oxygens (including phenoxy) is 2. The topological polar surface area (TPSA) is 110 Å². The van der Waals surface area contributed by atoms with Crippen LogP contribution in [0.3, 0.4) is 0 Å². The highest BCUT2D eigenvalue weighted by atomic mass is 19.2. The fraction of sp³-hybridized carbons (Fsp3) is 0.512. The van der Waals surface area contributed by atoms with Crippen LogP contribution in [0.2, 0.25) is 0 Å². The predicted molar refractivity (Wildman–Crippen MR) is 200 cm³/mol. The Hall–Kier alpha value is -4.97. The van der Waals surface area contributed by atoms with Gasteiger partial charge in [0.05, 0.1) is 34.8 Å². The van der Waals surface area contributed by atoms with E-state index >= 15 is 17.6 Å². The minimum absolute atomic E-state index is 0.000740. The molecule has 7 heterocycles. The van der Waals surface area contributed by atoms with Gasteiger partial charge >= 0.3 is 12.1 Å². The van der Waals surface area contributed by atoms with Gasteiger partial charge < -0.3 is 20.1 Å². The number of pyridine rings is 1. The summed E-state index contributed by atoms with van der Waals surface area (Å²) >= 11 is 0. The second-order valence-electron chi connectivity index (χ2n) is 17.0. The fourth-order valence-corrected chi connectivity index (χ4v) is 9.96. The fourth-order valence-electron chi connectivity index (χ4n) is 9.96. The van der Waals surface area contributed by atoms with Crippen molar-refractivity contribution in [2.75, 3.05) is 36.9 Å². The monoisotopic (exact) mass is 775 g/mol. The number of hydrogen-bond donors (Lipinski definition) is 1. The van der Waals surface area contributed by atoms with Gasteiger partial charge in [0.15, 0.2) is 5.82 Å². The molecular formula is C41H42F5N7O3. The number of rotatable bonds is 4. The van der Waals surface area contributed by atoms with Crippen LogP contribution >= 0.6 is 0 Å². The summed E-state index contributed by atoms with van der Waals surface area (Å²) in [6, 6.07) is 4.41. The van der Waals surface area contributed by atoms with Gasteiger partial charge in [0.25, 0.3) is 0 Å². The first-order valence-corrected chi connectivity index (χ1v) is 19.1. The third-order valence-electron chi connectivity index (χ3n) is 12.2. The molecule has 5 aliphatic heterocycles. The number of fused-ring (bicyclic) bond motifs is 7. The Labute approximate surface area is 320 Å². The molecular weight excluding hydrogens is 733 g/mol. The number of halogens is 5. The summed E-state index contributed by atoms with van der Waals surface area (Å²) in [6.45, 7) is 5.36. The Morgan fingerprint density at radius 1 is 1.09 bits per heavy atom. The third-order valence-corrected chi connectivity index (χ3v) is 12.2. The lowest BCUT2D eigenvalue weighted by Crippen LogP contribution is -2.71. The first-order valence-electron chi connectivity index (χ1n) is 19.1. The number of amides is 1. The Morgan fingerprint density at radius 2 is 1.89 bits per heavy atom. The molecule has 5 atom stereocenters. The molecule has 2 aromatic heterocycles. The molecule has 1 amide bonds. The van der Waals surface area contributed by atoms with Crippen molar-refractivity contribution in [3.63, 3.8) is 0 Å². The lowest BCUT2D eigenvalue weighted by atomic mass is 9.90. The van der Waals surface area contributed by atoms with Gasteiger partial charge in [0.2, 0.25) is 11.6 Å². The van der Waals surface area contributed by atoms with Crippen molar-refractivity contribution in [3.05, 3.63) is 47.2 Å². The van der Waals surface area contributed by atoms with Crippen LogP contribution in [0.25, 0.3) is 32.9 Å². The van der Waals surface area contributed by atoms with Gasteiger partial charge in [-0.1, -0.05) is 12.0 Å². The second kappa shape index (κ2) is 12.5. The second-order valence-corrected chi connectivity index (χ2v) is 17.0. The quantitative estimate of drug-likeness (QED) is 0.0974. The van der Waals surface area contributed by atoms with E-state index in [0.29, 0.717) is 35.4 Å². The highest BCUT2D eigenvalue weighted by Gasteiger charge is 2.69.